The van der Waals surface area contributed by atoms with Gasteiger partial charge in [0.25, 0.3) is 0 Å². The normalized spacial score (nSPS) is 10.3. The van der Waals surface area contributed by atoms with Crippen LogP contribution in [0.1, 0.15) is 31.1 Å². The molecule has 1 rings (SSSR count). The Kier molecular flexibility index (Phi) is 5.95. The van der Waals surface area contributed by atoms with E-state index in [1.165, 1.54) is 12.8 Å². The molecule has 0 spiro atoms. The second-order valence-corrected chi connectivity index (χ2v) is 5.38. The fourth-order valence-electron chi connectivity index (χ4n) is 1.27. The molecule has 0 aliphatic heterocycles. The van der Waals surface area contributed by atoms with Gasteiger partial charge in [0.2, 0.25) is 5.91 Å². The summed E-state index contributed by atoms with van der Waals surface area (Å²) in [5.41, 5.74) is 0. The first-order valence-corrected chi connectivity index (χ1v) is 6.89. The van der Waals surface area contributed by atoms with Gasteiger partial charge >= 0.3 is 0 Å². The van der Waals surface area contributed by atoms with Crippen molar-refractivity contribution in [2.45, 2.75) is 32.6 Å². The van der Waals surface area contributed by atoms with Crippen LogP contribution in [0, 0.1) is 0 Å². The lowest BCUT2D eigenvalue weighted by Gasteiger charge is -2.02. The predicted octanol–water partition coefficient (Wildman–Crippen LogP) is 3.36. The van der Waals surface area contributed by atoms with Gasteiger partial charge in [-0.2, -0.15) is 0 Å². The van der Waals surface area contributed by atoms with Crippen molar-refractivity contribution < 1.29 is 4.79 Å². The van der Waals surface area contributed by atoms with Crippen LogP contribution in [0.25, 0.3) is 0 Å². The van der Waals surface area contributed by atoms with Gasteiger partial charge in [0.1, 0.15) is 0 Å². The summed E-state index contributed by atoms with van der Waals surface area (Å²) in [6.07, 6.45) is 3.96. The largest absolute Gasteiger partial charge is 0.356 e. The zero-order chi connectivity index (χ0) is 11.1. The van der Waals surface area contributed by atoms with E-state index in [0.717, 1.165) is 22.3 Å². The van der Waals surface area contributed by atoms with Crippen LogP contribution in [0.15, 0.2) is 15.9 Å². The molecule has 0 unspecified atom stereocenters. The number of halogens is 1. The molecule has 0 fully saturated rings. The highest BCUT2D eigenvalue weighted by Crippen LogP contribution is 2.19. The minimum absolute atomic E-state index is 0.125. The molecule has 0 saturated heterocycles. The molecule has 15 heavy (non-hydrogen) atoms. The third kappa shape index (κ3) is 5.33. The van der Waals surface area contributed by atoms with Gasteiger partial charge in [-0.3, -0.25) is 4.79 Å². The van der Waals surface area contributed by atoms with Crippen molar-refractivity contribution in [3.63, 3.8) is 0 Å². The minimum Gasteiger partial charge on any atom is -0.356 e. The Labute approximate surface area is 103 Å². The van der Waals surface area contributed by atoms with Crippen LogP contribution in [0.2, 0.25) is 0 Å². The zero-order valence-electron chi connectivity index (χ0n) is 8.88. The molecular formula is C11H16BrNOS. The molecule has 0 radical (unpaired) electrons. The first-order chi connectivity index (χ1) is 7.22. The number of rotatable bonds is 6. The van der Waals surface area contributed by atoms with E-state index in [4.69, 9.17) is 0 Å². The summed E-state index contributed by atoms with van der Waals surface area (Å²) in [6.45, 7) is 2.96. The van der Waals surface area contributed by atoms with Gasteiger partial charge in [0.15, 0.2) is 0 Å². The van der Waals surface area contributed by atoms with Gasteiger partial charge in [-0.15, -0.1) is 11.3 Å². The lowest BCUT2D eigenvalue weighted by atomic mass is 10.2. The molecule has 4 heteroatoms. The molecule has 1 aromatic rings. The van der Waals surface area contributed by atoms with Gasteiger partial charge in [0, 0.05) is 21.3 Å². The molecular weight excluding hydrogens is 274 g/mol. The smallest absolute Gasteiger partial charge is 0.225 e. The maximum absolute atomic E-state index is 11.5. The number of unbranched alkanes of at least 4 members (excludes halogenated alkanes) is 2. The van der Waals surface area contributed by atoms with E-state index < -0.39 is 0 Å². The number of thiophene rings is 1. The van der Waals surface area contributed by atoms with Crippen LogP contribution in [0.5, 0.6) is 0 Å². The van der Waals surface area contributed by atoms with Crippen LogP contribution in [-0.4, -0.2) is 12.5 Å². The Balaban J connectivity index is 2.18. The molecule has 1 heterocycles. The van der Waals surface area contributed by atoms with Gasteiger partial charge in [-0.25, -0.2) is 0 Å². The summed E-state index contributed by atoms with van der Waals surface area (Å²) >= 11 is 4.99. The molecule has 0 bridgehead atoms. The summed E-state index contributed by atoms with van der Waals surface area (Å²) < 4.78 is 1.06. The van der Waals surface area contributed by atoms with Crippen molar-refractivity contribution >= 4 is 33.2 Å². The molecule has 1 aromatic heterocycles. The molecule has 1 amide bonds. The Morgan fingerprint density at radius 1 is 1.53 bits per heavy atom. The maximum Gasteiger partial charge on any atom is 0.225 e. The SMILES string of the molecule is CCCCCNC(=O)Cc1cc(Br)cs1. The molecule has 0 aliphatic carbocycles. The third-order valence-electron chi connectivity index (χ3n) is 2.06. The Morgan fingerprint density at radius 3 is 2.93 bits per heavy atom. The lowest BCUT2D eigenvalue weighted by Crippen LogP contribution is -2.25. The monoisotopic (exact) mass is 289 g/mol. The van der Waals surface area contributed by atoms with Crippen molar-refractivity contribution in [2.24, 2.45) is 0 Å². The minimum atomic E-state index is 0.125. The number of hydrogen-bond acceptors (Lipinski definition) is 2. The Morgan fingerprint density at radius 2 is 2.33 bits per heavy atom. The second-order valence-electron chi connectivity index (χ2n) is 3.47. The van der Waals surface area contributed by atoms with Gasteiger partial charge in [-0.1, -0.05) is 19.8 Å². The molecule has 1 N–H and O–H groups in total. The quantitative estimate of drug-likeness (QED) is 0.800. The fraction of sp³-hybridized carbons (Fsp3) is 0.545. The standard InChI is InChI=1S/C11H16BrNOS/c1-2-3-4-5-13-11(14)7-10-6-9(12)8-15-10/h6,8H,2-5,7H2,1H3,(H,13,14). The van der Waals surface area contributed by atoms with E-state index in [2.05, 4.69) is 28.2 Å². The van der Waals surface area contributed by atoms with Gasteiger partial charge in [-0.05, 0) is 28.4 Å². The number of amides is 1. The van der Waals surface area contributed by atoms with E-state index in [1.54, 1.807) is 11.3 Å². The van der Waals surface area contributed by atoms with Crippen molar-refractivity contribution in [1.29, 1.82) is 0 Å². The van der Waals surface area contributed by atoms with Crippen LogP contribution in [-0.2, 0) is 11.2 Å². The third-order valence-corrected chi connectivity index (χ3v) is 3.76. The van der Waals surface area contributed by atoms with E-state index >= 15 is 0 Å². The topological polar surface area (TPSA) is 29.1 Å². The van der Waals surface area contributed by atoms with E-state index in [9.17, 15) is 4.79 Å². The Bertz CT molecular complexity index is 311. The number of carbonyl (C=O) groups excluding carboxylic acids is 1. The molecule has 84 valence electrons. The summed E-state index contributed by atoms with van der Waals surface area (Å²) in [4.78, 5) is 12.6. The fourth-order valence-corrected chi connectivity index (χ4v) is 2.72. The van der Waals surface area contributed by atoms with E-state index in [0.29, 0.717) is 6.42 Å². The lowest BCUT2D eigenvalue weighted by molar-refractivity contribution is -0.120. The highest BCUT2D eigenvalue weighted by molar-refractivity contribution is 9.10. The first-order valence-electron chi connectivity index (χ1n) is 5.22. The number of hydrogen-bond donors (Lipinski definition) is 1. The molecule has 2 nitrogen and oxygen atoms in total. The molecule has 0 aromatic carbocycles. The number of nitrogens with one attached hydrogen (secondary N) is 1. The maximum atomic E-state index is 11.5. The molecule has 0 saturated carbocycles. The predicted molar refractivity (Wildman–Crippen MR) is 68.3 cm³/mol. The summed E-state index contributed by atoms with van der Waals surface area (Å²) in [6, 6.07) is 2.00. The van der Waals surface area contributed by atoms with Gasteiger partial charge in [0.05, 0.1) is 6.42 Å². The second kappa shape index (κ2) is 7.01. The first kappa shape index (κ1) is 12.7. The van der Waals surface area contributed by atoms with Crippen molar-refractivity contribution in [1.82, 2.24) is 5.32 Å². The summed E-state index contributed by atoms with van der Waals surface area (Å²) in [7, 11) is 0. The van der Waals surface area contributed by atoms with E-state index in [1.807, 2.05) is 11.4 Å². The van der Waals surface area contributed by atoms with Gasteiger partial charge < -0.3 is 5.32 Å². The van der Waals surface area contributed by atoms with Crippen LogP contribution in [0.3, 0.4) is 0 Å². The van der Waals surface area contributed by atoms with E-state index in [-0.39, 0.29) is 5.91 Å². The molecule has 0 atom stereocenters. The Hall–Kier alpha value is -0.350. The van der Waals surface area contributed by atoms with Crippen LogP contribution >= 0.6 is 27.3 Å². The van der Waals surface area contributed by atoms with Crippen molar-refractivity contribution in [3.8, 4) is 0 Å². The summed E-state index contributed by atoms with van der Waals surface area (Å²) in [5.74, 6) is 0.125. The highest BCUT2D eigenvalue weighted by Gasteiger charge is 2.04. The zero-order valence-corrected chi connectivity index (χ0v) is 11.3. The number of carbonyl (C=O) groups is 1. The average molecular weight is 290 g/mol. The average Bonchev–Trinajstić information content (AvgIpc) is 2.59. The van der Waals surface area contributed by atoms with Crippen LogP contribution in [0.4, 0.5) is 0 Å². The summed E-state index contributed by atoms with van der Waals surface area (Å²) in [5, 5.41) is 4.93. The van der Waals surface area contributed by atoms with Crippen molar-refractivity contribution in [2.75, 3.05) is 6.54 Å². The van der Waals surface area contributed by atoms with Crippen molar-refractivity contribution in [3.05, 3.63) is 20.8 Å². The van der Waals surface area contributed by atoms with Crippen LogP contribution < -0.4 is 5.32 Å². The highest BCUT2D eigenvalue weighted by atomic mass is 79.9. The molecule has 0 aliphatic rings.